The molecule has 2 aromatic carbocycles. The van der Waals surface area contributed by atoms with Gasteiger partial charge >= 0.3 is 0 Å². The standard InChI is InChI=1S/C26H30N4O/c1-18-11-13-20(14-12-18)19(2)29-25(31)22-8-6-7-21(15-22)23-16-27-26(28-17-23)30-24-9-4-3-5-10-24/h6-8,11-17,19,24H,3-5,9-10H2,1-2H3,(H,29,31)(H,27,28,30). The largest absolute Gasteiger partial charge is 0.351 e. The number of amides is 1. The highest BCUT2D eigenvalue weighted by atomic mass is 16.1. The van der Waals surface area contributed by atoms with E-state index in [4.69, 9.17) is 0 Å². The molecule has 0 saturated heterocycles. The molecule has 1 saturated carbocycles. The van der Waals surface area contributed by atoms with Crippen LogP contribution in [0, 0.1) is 6.92 Å². The lowest BCUT2D eigenvalue weighted by Crippen LogP contribution is -2.26. The second kappa shape index (κ2) is 9.73. The molecule has 0 bridgehead atoms. The van der Waals surface area contributed by atoms with Crippen molar-refractivity contribution in [3.8, 4) is 11.1 Å². The Hall–Kier alpha value is -3.21. The van der Waals surface area contributed by atoms with Gasteiger partial charge in [0, 0.05) is 29.6 Å². The molecule has 1 aliphatic carbocycles. The zero-order valence-electron chi connectivity index (χ0n) is 18.3. The SMILES string of the molecule is Cc1ccc(C(C)NC(=O)c2cccc(-c3cnc(NC4CCCCC4)nc3)c2)cc1. The van der Waals surface area contributed by atoms with Crippen molar-refractivity contribution < 1.29 is 4.79 Å². The van der Waals surface area contributed by atoms with E-state index in [-0.39, 0.29) is 11.9 Å². The molecule has 0 radical (unpaired) electrons. The van der Waals surface area contributed by atoms with Gasteiger partial charge in [0.2, 0.25) is 5.95 Å². The zero-order valence-corrected chi connectivity index (χ0v) is 18.3. The van der Waals surface area contributed by atoms with Crippen LogP contribution in [0.5, 0.6) is 0 Å². The van der Waals surface area contributed by atoms with Crippen LogP contribution in [-0.4, -0.2) is 21.9 Å². The van der Waals surface area contributed by atoms with Crippen molar-refractivity contribution in [2.24, 2.45) is 0 Å². The van der Waals surface area contributed by atoms with Crippen molar-refractivity contribution in [2.45, 2.75) is 58.0 Å². The van der Waals surface area contributed by atoms with E-state index in [2.05, 4.69) is 51.8 Å². The normalized spacial score (nSPS) is 15.3. The number of rotatable bonds is 6. The molecule has 1 aromatic heterocycles. The van der Waals surface area contributed by atoms with Crippen molar-refractivity contribution in [3.63, 3.8) is 0 Å². The molecule has 160 valence electrons. The smallest absolute Gasteiger partial charge is 0.251 e. The van der Waals surface area contributed by atoms with Gasteiger partial charge in [-0.15, -0.1) is 0 Å². The maximum atomic E-state index is 12.8. The number of hydrogen-bond donors (Lipinski definition) is 2. The van der Waals surface area contributed by atoms with Crippen LogP contribution < -0.4 is 10.6 Å². The molecular formula is C26H30N4O. The molecule has 1 aliphatic rings. The predicted octanol–water partition coefficient (Wildman–Crippen LogP) is 5.69. The molecule has 1 fully saturated rings. The van der Waals surface area contributed by atoms with Crippen LogP contribution >= 0.6 is 0 Å². The molecule has 0 spiro atoms. The Labute approximate surface area is 184 Å². The minimum atomic E-state index is -0.0913. The molecule has 31 heavy (non-hydrogen) atoms. The zero-order chi connectivity index (χ0) is 21.6. The third-order valence-electron chi connectivity index (χ3n) is 5.97. The van der Waals surface area contributed by atoms with E-state index in [1.54, 1.807) is 0 Å². The molecule has 2 N–H and O–H groups in total. The van der Waals surface area contributed by atoms with Crippen LogP contribution in [0.15, 0.2) is 60.9 Å². The number of nitrogens with zero attached hydrogens (tertiary/aromatic N) is 2. The topological polar surface area (TPSA) is 66.9 Å². The minimum Gasteiger partial charge on any atom is -0.351 e. The molecule has 1 unspecified atom stereocenters. The number of hydrogen-bond acceptors (Lipinski definition) is 4. The summed E-state index contributed by atoms with van der Waals surface area (Å²) in [4.78, 5) is 21.8. The van der Waals surface area contributed by atoms with Crippen LogP contribution in [-0.2, 0) is 0 Å². The summed E-state index contributed by atoms with van der Waals surface area (Å²) in [5.74, 6) is 0.586. The van der Waals surface area contributed by atoms with Gasteiger partial charge in [-0.25, -0.2) is 9.97 Å². The van der Waals surface area contributed by atoms with Gasteiger partial charge in [0.05, 0.1) is 6.04 Å². The monoisotopic (exact) mass is 414 g/mol. The van der Waals surface area contributed by atoms with Gasteiger partial charge in [0.25, 0.3) is 5.91 Å². The van der Waals surface area contributed by atoms with E-state index in [1.807, 2.05) is 43.6 Å². The van der Waals surface area contributed by atoms with E-state index in [0.717, 1.165) is 16.7 Å². The Balaban J connectivity index is 1.42. The summed E-state index contributed by atoms with van der Waals surface area (Å²) in [5, 5.41) is 6.53. The fourth-order valence-electron chi connectivity index (χ4n) is 4.04. The van der Waals surface area contributed by atoms with Crippen molar-refractivity contribution in [1.82, 2.24) is 15.3 Å². The summed E-state index contributed by atoms with van der Waals surface area (Å²) in [6, 6.07) is 16.2. The molecule has 1 heterocycles. The second-order valence-corrected chi connectivity index (χ2v) is 8.46. The first-order valence-electron chi connectivity index (χ1n) is 11.1. The van der Waals surface area contributed by atoms with Gasteiger partial charge in [0.15, 0.2) is 0 Å². The number of carbonyl (C=O) groups excluding carboxylic acids is 1. The third kappa shape index (κ3) is 5.48. The molecular weight excluding hydrogens is 384 g/mol. The number of anilines is 1. The first-order valence-corrected chi connectivity index (χ1v) is 11.1. The maximum Gasteiger partial charge on any atom is 0.251 e. The fraction of sp³-hybridized carbons (Fsp3) is 0.346. The number of carbonyl (C=O) groups is 1. The summed E-state index contributed by atoms with van der Waals surface area (Å²) < 4.78 is 0. The Bertz CT molecular complexity index is 1010. The molecule has 5 nitrogen and oxygen atoms in total. The van der Waals surface area contributed by atoms with Gasteiger partial charge < -0.3 is 10.6 Å². The Morgan fingerprint density at radius 3 is 2.39 bits per heavy atom. The average molecular weight is 415 g/mol. The predicted molar refractivity (Wildman–Crippen MR) is 125 cm³/mol. The van der Waals surface area contributed by atoms with Gasteiger partial charge in [-0.2, -0.15) is 0 Å². The highest BCUT2D eigenvalue weighted by Gasteiger charge is 2.15. The molecule has 3 aromatic rings. The van der Waals surface area contributed by atoms with Crippen LogP contribution in [0.2, 0.25) is 0 Å². The first kappa shape index (κ1) is 21.0. The Morgan fingerprint density at radius 2 is 1.68 bits per heavy atom. The van der Waals surface area contributed by atoms with Crippen molar-refractivity contribution >= 4 is 11.9 Å². The van der Waals surface area contributed by atoms with E-state index in [0.29, 0.717) is 17.6 Å². The van der Waals surface area contributed by atoms with Crippen molar-refractivity contribution in [1.29, 1.82) is 0 Å². The molecule has 5 heteroatoms. The van der Waals surface area contributed by atoms with Gasteiger partial charge in [-0.3, -0.25) is 4.79 Å². The third-order valence-corrected chi connectivity index (χ3v) is 5.97. The van der Waals surface area contributed by atoms with Crippen LogP contribution in [0.25, 0.3) is 11.1 Å². The van der Waals surface area contributed by atoms with E-state index in [1.165, 1.54) is 37.7 Å². The number of benzene rings is 2. The summed E-state index contributed by atoms with van der Waals surface area (Å²) in [5.41, 5.74) is 4.75. The lowest BCUT2D eigenvalue weighted by Gasteiger charge is -2.22. The molecule has 4 rings (SSSR count). The quantitative estimate of drug-likeness (QED) is 0.544. The molecule has 1 amide bonds. The number of aryl methyl sites for hydroxylation is 1. The summed E-state index contributed by atoms with van der Waals surface area (Å²) in [7, 11) is 0. The van der Waals surface area contributed by atoms with E-state index in [9.17, 15) is 4.79 Å². The summed E-state index contributed by atoms with van der Waals surface area (Å²) >= 11 is 0. The van der Waals surface area contributed by atoms with Gasteiger partial charge in [-0.05, 0) is 49.9 Å². The first-order chi connectivity index (χ1) is 15.1. The van der Waals surface area contributed by atoms with Crippen molar-refractivity contribution in [3.05, 3.63) is 77.6 Å². The number of nitrogens with one attached hydrogen (secondary N) is 2. The van der Waals surface area contributed by atoms with Gasteiger partial charge in [-0.1, -0.05) is 61.2 Å². The molecule has 0 aliphatic heterocycles. The van der Waals surface area contributed by atoms with Crippen LogP contribution in [0.1, 0.15) is 66.6 Å². The fourth-order valence-corrected chi connectivity index (χ4v) is 4.04. The van der Waals surface area contributed by atoms with Crippen LogP contribution in [0.4, 0.5) is 5.95 Å². The van der Waals surface area contributed by atoms with E-state index < -0.39 is 0 Å². The highest BCUT2D eigenvalue weighted by molar-refractivity contribution is 5.95. The highest BCUT2D eigenvalue weighted by Crippen LogP contribution is 2.23. The molecule has 1 atom stereocenters. The van der Waals surface area contributed by atoms with E-state index >= 15 is 0 Å². The van der Waals surface area contributed by atoms with Gasteiger partial charge in [0.1, 0.15) is 0 Å². The average Bonchev–Trinajstić information content (AvgIpc) is 2.81. The number of aromatic nitrogens is 2. The van der Waals surface area contributed by atoms with Crippen molar-refractivity contribution in [2.75, 3.05) is 5.32 Å². The summed E-state index contributed by atoms with van der Waals surface area (Å²) in [6.45, 7) is 4.05. The Morgan fingerprint density at radius 1 is 0.968 bits per heavy atom. The van der Waals surface area contributed by atoms with Crippen LogP contribution in [0.3, 0.4) is 0 Å². The lowest BCUT2D eigenvalue weighted by molar-refractivity contribution is 0.0940. The summed E-state index contributed by atoms with van der Waals surface area (Å²) in [6.07, 6.45) is 9.88. The Kier molecular flexibility index (Phi) is 6.60. The lowest BCUT2D eigenvalue weighted by atomic mass is 9.96. The maximum absolute atomic E-state index is 12.8. The minimum absolute atomic E-state index is 0.0646. The second-order valence-electron chi connectivity index (χ2n) is 8.46.